The van der Waals surface area contributed by atoms with Crippen molar-refractivity contribution in [1.82, 2.24) is 9.97 Å². The molecule has 1 heterocycles. The minimum absolute atomic E-state index is 0.312. The maximum absolute atomic E-state index is 5.54. The van der Waals surface area contributed by atoms with Gasteiger partial charge >= 0.3 is 0 Å². The third-order valence-corrected chi connectivity index (χ3v) is 3.64. The second-order valence-electron chi connectivity index (χ2n) is 3.12. The number of rotatable bonds is 3. The van der Waals surface area contributed by atoms with Crippen molar-refractivity contribution in [3.05, 3.63) is 46.7 Å². The van der Waals surface area contributed by atoms with E-state index in [1.54, 1.807) is 18.0 Å². The third-order valence-electron chi connectivity index (χ3n) is 1.95. The number of nitrogens with zero attached hydrogens (tertiary/aromatic N) is 2. The molecule has 2 N–H and O–H groups in total. The van der Waals surface area contributed by atoms with Gasteiger partial charge in [-0.25, -0.2) is 9.97 Å². The molecule has 3 nitrogen and oxygen atoms in total. The number of anilines is 1. The quantitative estimate of drug-likeness (QED) is 0.884. The van der Waals surface area contributed by atoms with Gasteiger partial charge in [-0.15, -0.1) is 11.8 Å². The van der Waals surface area contributed by atoms with Crippen LogP contribution in [0.15, 0.2) is 45.9 Å². The molecule has 0 unspecified atom stereocenters. The van der Waals surface area contributed by atoms with Gasteiger partial charge < -0.3 is 5.73 Å². The molecule has 1 aromatic carbocycles. The Morgan fingerprint density at radius 1 is 1.25 bits per heavy atom. The largest absolute Gasteiger partial charge is 0.368 e. The standard InChI is InChI=1S/C11H10BrN3S/c12-9-6-14-11(13)15-10(9)7-16-8-4-2-1-3-5-8/h1-6H,7H2,(H2,13,14,15). The van der Waals surface area contributed by atoms with Crippen molar-refractivity contribution >= 4 is 33.6 Å². The van der Waals surface area contributed by atoms with Crippen LogP contribution in [0.3, 0.4) is 0 Å². The predicted octanol–water partition coefficient (Wildman–Crippen LogP) is 3.11. The molecule has 0 fully saturated rings. The number of nitrogen functional groups attached to an aromatic ring is 1. The lowest BCUT2D eigenvalue weighted by Crippen LogP contribution is -1.98. The van der Waals surface area contributed by atoms with Crippen LogP contribution in [-0.2, 0) is 5.75 Å². The lowest BCUT2D eigenvalue weighted by molar-refractivity contribution is 1.08. The topological polar surface area (TPSA) is 51.8 Å². The Labute approximate surface area is 107 Å². The van der Waals surface area contributed by atoms with Crippen molar-refractivity contribution < 1.29 is 0 Å². The molecule has 1 aromatic heterocycles. The zero-order valence-corrected chi connectivity index (χ0v) is 10.8. The summed E-state index contributed by atoms with van der Waals surface area (Å²) < 4.78 is 0.894. The number of nitrogens with two attached hydrogens (primary N) is 1. The van der Waals surface area contributed by atoms with E-state index in [1.165, 1.54) is 4.90 Å². The van der Waals surface area contributed by atoms with Crippen molar-refractivity contribution in [2.45, 2.75) is 10.6 Å². The molecule has 2 rings (SSSR count). The lowest BCUT2D eigenvalue weighted by Gasteiger charge is -2.03. The molecular formula is C11H10BrN3S. The molecule has 0 atom stereocenters. The molecule has 0 bridgehead atoms. The van der Waals surface area contributed by atoms with E-state index in [-0.39, 0.29) is 0 Å². The van der Waals surface area contributed by atoms with Crippen LogP contribution in [0.4, 0.5) is 5.95 Å². The molecule has 16 heavy (non-hydrogen) atoms. The van der Waals surface area contributed by atoms with Gasteiger partial charge in [0.15, 0.2) is 0 Å². The van der Waals surface area contributed by atoms with E-state index in [0.717, 1.165) is 15.9 Å². The van der Waals surface area contributed by atoms with Crippen LogP contribution in [0.1, 0.15) is 5.69 Å². The summed E-state index contributed by atoms with van der Waals surface area (Å²) >= 11 is 5.13. The maximum Gasteiger partial charge on any atom is 0.220 e. The van der Waals surface area contributed by atoms with Crippen LogP contribution in [0.25, 0.3) is 0 Å². The smallest absolute Gasteiger partial charge is 0.220 e. The Morgan fingerprint density at radius 3 is 2.75 bits per heavy atom. The Morgan fingerprint density at radius 2 is 2.00 bits per heavy atom. The highest BCUT2D eigenvalue weighted by molar-refractivity contribution is 9.10. The highest BCUT2D eigenvalue weighted by Gasteiger charge is 2.04. The van der Waals surface area contributed by atoms with E-state index in [9.17, 15) is 0 Å². The minimum atomic E-state index is 0.312. The van der Waals surface area contributed by atoms with E-state index in [1.807, 2.05) is 18.2 Å². The zero-order chi connectivity index (χ0) is 11.4. The van der Waals surface area contributed by atoms with E-state index < -0.39 is 0 Å². The first-order chi connectivity index (χ1) is 7.75. The highest BCUT2D eigenvalue weighted by Crippen LogP contribution is 2.25. The summed E-state index contributed by atoms with van der Waals surface area (Å²) in [5, 5.41) is 0. The first kappa shape index (κ1) is 11.4. The zero-order valence-electron chi connectivity index (χ0n) is 8.43. The van der Waals surface area contributed by atoms with Gasteiger partial charge in [0.25, 0.3) is 0 Å². The van der Waals surface area contributed by atoms with E-state index in [2.05, 4.69) is 38.0 Å². The number of benzene rings is 1. The maximum atomic E-state index is 5.54. The van der Waals surface area contributed by atoms with Crippen molar-refractivity contribution in [3.8, 4) is 0 Å². The van der Waals surface area contributed by atoms with Crippen LogP contribution in [0.2, 0.25) is 0 Å². The molecular weight excluding hydrogens is 286 g/mol. The van der Waals surface area contributed by atoms with Crippen LogP contribution in [0.5, 0.6) is 0 Å². The average molecular weight is 296 g/mol. The van der Waals surface area contributed by atoms with Crippen molar-refractivity contribution in [2.75, 3.05) is 5.73 Å². The highest BCUT2D eigenvalue weighted by atomic mass is 79.9. The molecule has 0 saturated heterocycles. The van der Waals surface area contributed by atoms with Gasteiger partial charge in [0.2, 0.25) is 5.95 Å². The molecule has 2 aromatic rings. The average Bonchev–Trinajstić information content (AvgIpc) is 2.32. The molecule has 0 saturated carbocycles. The third kappa shape index (κ3) is 2.96. The summed E-state index contributed by atoms with van der Waals surface area (Å²) in [6, 6.07) is 10.2. The SMILES string of the molecule is Nc1ncc(Br)c(CSc2ccccc2)n1. The minimum Gasteiger partial charge on any atom is -0.368 e. The van der Waals surface area contributed by atoms with Gasteiger partial charge in [0.05, 0.1) is 10.2 Å². The van der Waals surface area contributed by atoms with E-state index in [0.29, 0.717) is 5.95 Å². The fourth-order valence-corrected chi connectivity index (χ4v) is 2.58. The molecule has 0 spiro atoms. The number of hydrogen-bond acceptors (Lipinski definition) is 4. The fourth-order valence-electron chi connectivity index (χ4n) is 1.19. The summed E-state index contributed by atoms with van der Waals surface area (Å²) in [6.45, 7) is 0. The number of thioether (sulfide) groups is 1. The normalized spacial score (nSPS) is 10.3. The Balaban J connectivity index is 2.08. The number of hydrogen-bond donors (Lipinski definition) is 1. The van der Waals surface area contributed by atoms with Gasteiger partial charge in [-0.3, -0.25) is 0 Å². The molecule has 0 aliphatic carbocycles. The fraction of sp³-hybridized carbons (Fsp3) is 0.0909. The predicted molar refractivity (Wildman–Crippen MR) is 70.1 cm³/mol. The van der Waals surface area contributed by atoms with Gasteiger partial charge in [0, 0.05) is 16.8 Å². The summed E-state index contributed by atoms with van der Waals surface area (Å²) in [6.07, 6.45) is 1.68. The Hall–Kier alpha value is -1.07. The van der Waals surface area contributed by atoms with Gasteiger partial charge in [-0.1, -0.05) is 18.2 Å². The van der Waals surface area contributed by atoms with Gasteiger partial charge in [0.1, 0.15) is 0 Å². The molecule has 82 valence electrons. The van der Waals surface area contributed by atoms with Crippen LogP contribution in [0, 0.1) is 0 Å². The summed E-state index contributed by atoms with van der Waals surface area (Å²) in [5.74, 6) is 1.09. The number of halogens is 1. The second-order valence-corrected chi connectivity index (χ2v) is 5.03. The second kappa shape index (κ2) is 5.32. The Bertz CT molecular complexity index is 476. The molecule has 5 heteroatoms. The van der Waals surface area contributed by atoms with Crippen molar-refractivity contribution in [3.63, 3.8) is 0 Å². The van der Waals surface area contributed by atoms with Gasteiger partial charge in [-0.2, -0.15) is 0 Å². The Kier molecular flexibility index (Phi) is 3.79. The molecule has 0 amide bonds. The first-order valence-electron chi connectivity index (χ1n) is 4.70. The monoisotopic (exact) mass is 295 g/mol. The summed E-state index contributed by atoms with van der Waals surface area (Å²) in [7, 11) is 0. The van der Waals surface area contributed by atoms with Crippen LogP contribution in [-0.4, -0.2) is 9.97 Å². The molecule has 0 aliphatic heterocycles. The number of aromatic nitrogens is 2. The molecule has 0 aliphatic rings. The lowest BCUT2D eigenvalue weighted by atomic mass is 10.4. The first-order valence-corrected chi connectivity index (χ1v) is 6.48. The van der Waals surface area contributed by atoms with Crippen molar-refractivity contribution in [2.24, 2.45) is 0 Å². The summed E-state index contributed by atoms with van der Waals surface area (Å²) in [5.41, 5.74) is 6.46. The van der Waals surface area contributed by atoms with Crippen LogP contribution < -0.4 is 5.73 Å². The van der Waals surface area contributed by atoms with E-state index >= 15 is 0 Å². The van der Waals surface area contributed by atoms with Crippen molar-refractivity contribution in [1.29, 1.82) is 0 Å². The van der Waals surface area contributed by atoms with Gasteiger partial charge in [-0.05, 0) is 28.1 Å². The molecule has 0 radical (unpaired) electrons. The summed E-state index contributed by atoms with van der Waals surface area (Å²) in [4.78, 5) is 9.31. The van der Waals surface area contributed by atoms with E-state index in [4.69, 9.17) is 5.73 Å². The van der Waals surface area contributed by atoms with Crippen LogP contribution >= 0.6 is 27.7 Å².